The highest BCUT2D eigenvalue weighted by Gasteiger charge is 2.30. The van der Waals surface area contributed by atoms with Crippen LogP contribution >= 0.6 is 0 Å². The summed E-state index contributed by atoms with van der Waals surface area (Å²) in [5.41, 5.74) is 1.15. The molecule has 1 unspecified atom stereocenters. The Kier molecular flexibility index (Phi) is 7.30. The molecule has 1 atom stereocenters. The molecule has 0 amide bonds. The fourth-order valence-electron chi connectivity index (χ4n) is 3.56. The Bertz CT molecular complexity index is 689. The van der Waals surface area contributed by atoms with Gasteiger partial charge in [0.1, 0.15) is 23.4 Å². The molecule has 7 nitrogen and oxygen atoms in total. The van der Waals surface area contributed by atoms with E-state index in [1.807, 2.05) is 0 Å². The van der Waals surface area contributed by atoms with Crippen LogP contribution in [0, 0.1) is 0 Å². The lowest BCUT2D eigenvalue weighted by molar-refractivity contribution is -0.115. The number of rotatable bonds is 9. The Morgan fingerprint density at radius 1 is 1.18 bits per heavy atom. The van der Waals surface area contributed by atoms with Crippen molar-refractivity contribution in [3.8, 4) is 11.5 Å². The average Bonchev–Trinajstić information content (AvgIpc) is 3.09. The number of Topliss-reactive ketones (excluding diaryl/α,β-unsaturated/α-hetero) is 1. The first-order valence-electron chi connectivity index (χ1n) is 9.69. The summed E-state index contributed by atoms with van der Waals surface area (Å²) < 4.78 is 21.5. The van der Waals surface area contributed by atoms with E-state index in [1.54, 1.807) is 32.4 Å². The lowest BCUT2D eigenvalue weighted by Gasteiger charge is -2.26. The van der Waals surface area contributed by atoms with Crippen LogP contribution in [-0.2, 0) is 20.7 Å². The minimum atomic E-state index is -0.389. The van der Waals surface area contributed by atoms with Crippen molar-refractivity contribution in [2.75, 3.05) is 53.7 Å². The topological polar surface area (TPSA) is 77.5 Å². The van der Waals surface area contributed by atoms with Crippen LogP contribution in [0.3, 0.4) is 0 Å². The van der Waals surface area contributed by atoms with Gasteiger partial charge in [-0.3, -0.25) is 9.69 Å². The third kappa shape index (κ3) is 5.25. The monoisotopic (exact) mass is 391 g/mol. The predicted octanol–water partition coefficient (Wildman–Crippen LogP) is 2.14. The molecular formula is C21H29NO6. The molecule has 1 N–H and O–H groups in total. The van der Waals surface area contributed by atoms with Crippen molar-refractivity contribution in [3.05, 3.63) is 35.1 Å². The van der Waals surface area contributed by atoms with Crippen molar-refractivity contribution in [3.63, 3.8) is 0 Å². The molecule has 0 aliphatic carbocycles. The molecule has 1 aromatic rings. The van der Waals surface area contributed by atoms with Gasteiger partial charge in [0.15, 0.2) is 5.78 Å². The van der Waals surface area contributed by atoms with Crippen molar-refractivity contribution in [2.45, 2.75) is 25.4 Å². The first-order chi connectivity index (χ1) is 13.6. The second kappa shape index (κ2) is 9.91. The first-order valence-corrected chi connectivity index (χ1v) is 9.69. The van der Waals surface area contributed by atoms with Gasteiger partial charge in [0.05, 0.1) is 39.6 Å². The van der Waals surface area contributed by atoms with Crippen LogP contribution in [0.1, 0.15) is 18.4 Å². The lowest BCUT2D eigenvalue weighted by atomic mass is 10.0. The first kappa shape index (κ1) is 20.6. The van der Waals surface area contributed by atoms with E-state index in [2.05, 4.69) is 4.90 Å². The number of nitrogens with zero attached hydrogens (tertiary/aromatic N) is 1. The van der Waals surface area contributed by atoms with E-state index in [1.165, 1.54) is 0 Å². The highest BCUT2D eigenvalue weighted by atomic mass is 16.5. The average molecular weight is 391 g/mol. The maximum absolute atomic E-state index is 12.7. The van der Waals surface area contributed by atoms with E-state index >= 15 is 0 Å². The fourth-order valence-corrected chi connectivity index (χ4v) is 3.56. The molecule has 7 heteroatoms. The van der Waals surface area contributed by atoms with Crippen LogP contribution in [0.15, 0.2) is 29.5 Å². The number of hydrogen-bond donors (Lipinski definition) is 1. The molecule has 3 rings (SSSR count). The number of aliphatic hydroxyl groups is 1. The SMILES string of the molecule is COc1cc(CC(=O)C2=C(O)C(CCCN3CCOCC3)OC2)cc(OC)c1. The number of carbonyl (C=O) groups is 1. The quantitative estimate of drug-likeness (QED) is 0.691. The molecule has 2 heterocycles. The maximum atomic E-state index is 12.7. The number of morpholine rings is 1. The molecule has 0 radical (unpaired) electrons. The van der Waals surface area contributed by atoms with E-state index < -0.39 is 0 Å². The zero-order valence-electron chi connectivity index (χ0n) is 16.6. The number of ether oxygens (including phenoxy) is 4. The zero-order valence-corrected chi connectivity index (χ0v) is 16.6. The highest BCUT2D eigenvalue weighted by molar-refractivity contribution is 5.98. The van der Waals surface area contributed by atoms with Gasteiger partial charge in [0, 0.05) is 25.6 Å². The second-order valence-electron chi connectivity index (χ2n) is 7.08. The molecule has 1 aromatic carbocycles. The van der Waals surface area contributed by atoms with Gasteiger partial charge >= 0.3 is 0 Å². The molecule has 154 valence electrons. The van der Waals surface area contributed by atoms with Crippen LogP contribution in [0.5, 0.6) is 11.5 Å². The summed E-state index contributed by atoms with van der Waals surface area (Å²) in [6.45, 7) is 4.55. The van der Waals surface area contributed by atoms with Gasteiger partial charge in [0.2, 0.25) is 0 Å². The molecule has 0 aromatic heterocycles. The second-order valence-corrected chi connectivity index (χ2v) is 7.08. The number of hydrogen-bond acceptors (Lipinski definition) is 7. The largest absolute Gasteiger partial charge is 0.509 e. The molecule has 0 spiro atoms. The summed E-state index contributed by atoms with van der Waals surface area (Å²) in [5, 5.41) is 10.5. The molecule has 1 saturated heterocycles. The normalized spacial score (nSPS) is 20.4. The number of methoxy groups -OCH3 is 2. The molecular weight excluding hydrogens is 362 g/mol. The smallest absolute Gasteiger partial charge is 0.169 e. The van der Waals surface area contributed by atoms with Crippen LogP contribution in [-0.4, -0.2) is 75.6 Å². The van der Waals surface area contributed by atoms with Gasteiger partial charge in [0.25, 0.3) is 0 Å². The van der Waals surface area contributed by atoms with E-state index in [4.69, 9.17) is 18.9 Å². The minimum absolute atomic E-state index is 0.0850. The summed E-state index contributed by atoms with van der Waals surface area (Å²) in [6, 6.07) is 5.36. The number of benzene rings is 1. The Balaban J connectivity index is 1.56. The van der Waals surface area contributed by atoms with Crippen molar-refractivity contribution in [1.82, 2.24) is 4.90 Å². The van der Waals surface area contributed by atoms with E-state index in [0.29, 0.717) is 23.5 Å². The molecule has 2 aliphatic heterocycles. The van der Waals surface area contributed by atoms with E-state index in [-0.39, 0.29) is 30.7 Å². The Hall–Kier alpha value is -2.09. The van der Waals surface area contributed by atoms with Gasteiger partial charge in [-0.2, -0.15) is 0 Å². The van der Waals surface area contributed by atoms with Crippen LogP contribution in [0.2, 0.25) is 0 Å². The highest BCUT2D eigenvalue weighted by Crippen LogP contribution is 2.27. The molecule has 2 aliphatic rings. The third-order valence-corrected chi connectivity index (χ3v) is 5.20. The van der Waals surface area contributed by atoms with Crippen molar-refractivity contribution in [1.29, 1.82) is 0 Å². The maximum Gasteiger partial charge on any atom is 0.169 e. The Labute approximate surface area is 165 Å². The summed E-state index contributed by atoms with van der Waals surface area (Å²) in [5.74, 6) is 1.21. The molecule has 0 bridgehead atoms. The van der Waals surface area contributed by atoms with Crippen LogP contribution in [0.4, 0.5) is 0 Å². The predicted molar refractivity (Wildman–Crippen MR) is 104 cm³/mol. The van der Waals surface area contributed by atoms with Crippen molar-refractivity contribution in [2.24, 2.45) is 0 Å². The standard InChI is InChI=1S/C21H29NO6/c1-25-16-10-15(11-17(13-16)26-2)12-19(23)18-14-28-20(21(18)24)4-3-5-22-6-8-27-9-7-22/h10-11,13,20,24H,3-9,12,14H2,1-2H3. The van der Waals surface area contributed by atoms with Crippen LogP contribution in [0.25, 0.3) is 0 Å². The van der Waals surface area contributed by atoms with E-state index in [0.717, 1.165) is 44.8 Å². The number of aliphatic hydroxyl groups excluding tert-OH is 1. The third-order valence-electron chi connectivity index (χ3n) is 5.20. The van der Waals surface area contributed by atoms with Gasteiger partial charge in [-0.25, -0.2) is 0 Å². The summed E-state index contributed by atoms with van der Waals surface area (Å²) in [7, 11) is 3.14. The van der Waals surface area contributed by atoms with Crippen molar-refractivity contribution >= 4 is 5.78 Å². The van der Waals surface area contributed by atoms with Crippen LogP contribution < -0.4 is 9.47 Å². The fraction of sp³-hybridized carbons (Fsp3) is 0.571. The number of carbonyl (C=O) groups excluding carboxylic acids is 1. The van der Waals surface area contributed by atoms with Gasteiger partial charge in [-0.05, 0) is 37.1 Å². The van der Waals surface area contributed by atoms with E-state index in [9.17, 15) is 9.90 Å². The molecule has 1 fully saturated rings. The zero-order chi connectivity index (χ0) is 19.9. The Morgan fingerprint density at radius 3 is 2.50 bits per heavy atom. The molecule has 28 heavy (non-hydrogen) atoms. The minimum Gasteiger partial charge on any atom is -0.509 e. The Morgan fingerprint density at radius 2 is 1.86 bits per heavy atom. The van der Waals surface area contributed by atoms with Gasteiger partial charge < -0.3 is 24.1 Å². The van der Waals surface area contributed by atoms with Crippen molar-refractivity contribution < 1.29 is 28.8 Å². The molecule has 0 saturated carbocycles. The number of ketones is 1. The summed E-state index contributed by atoms with van der Waals surface area (Å²) in [4.78, 5) is 15.0. The summed E-state index contributed by atoms with van der Waals surface area (Å²) in [6.07, 6.45) is 1.38. The van der Waals surface area contributed by atoms with Gasteiger partial charge in [-0.15, -0.1) is 0 Å². The summed E-state index contributed by atoms with van der Waals surface area (Å²) >= 11 is 0. The lowest BCUT2D eigenvalue weighted by Crippen LogP contribution is -2.37. The van der Waals surface area contributed by atoms with Gasteiger partial charge in [-0.1, -0.05) is 0 Å².